The average molecular weight is 447 g/mol. The lowest BCUT2D eigenvalue weighted by molar-refractivity contribution is -0.140. The first kappa shape index (κ1) is 23.7. The highest BCUT2D eigenvalue weighted by molar-refractivity contribution is 6.19. The second-order valence-electron chi connectivity index (χ2n) is 7.64. The summed E-state index contributed by atoms with van der Waals surface area (Å²) in [4.78, 5) is 38.6. The van der Waals surface area contributed by atoms with E-state index in [-0.39, 0.29) is 17.7 Å². The predicted molar refractivity (Wildman–Crippen MR) is 123 cm³/mol. The highest BCUT2D eigenvalue weighted by Gasteiger charge is 2.35. The molecule has 0 saturated heterocycles. The number of ether oxygens (including phenoxy) is 1. The Hall–Kier alpha value is -3.92. The van der Waals surface area contributed by atoms with E-state index in [0.29, 0.717) is 35.7 Å². The quantitative estimate of drug-likeness (QED) is 0.247. The van der Waals surface area contributed by atoms with Crippen molar-refractivity contribution in [3.63, 3.8) is 0 Å². The highest BCUT2D eigenvalue weighted by atomic mass is 16.5. The number of carbonyl (C=O) groups excluding carboxylic acids is 3. The molecule has 7 nitrogen and oxygen atoms in total. The second kappa shape index (κ2) is 10.6. The van der Waals surface area contributed by atoms with Crippen LogP contribution in [0, 0.1) is 11.3 Å². The molecule has 0 atom stereocenters. The van der Waals surface area contributed by atoms with Gasteiger partial charge in [-0.15, -0.1) is 0 Å². The topological polar surface area (TPSA) is 101 Å². The van der Waals surface area contributed by atoms with Gasteiger partial charge in [-0.1, -0.05) is 31.9 Å². The fourth-order valence-corrected chi connectivity index (χ4v) is 3.57. The molecule has 0 spiro atoms. The molecule has 7 heteroatoms. The van der Waals surface area contributed by atoms with Crippen LogP contribution in [-0.2, 0) is 14.3 Å². The molecule has 1 aromatic carbocycles. The van der Waals surface area contributed by atoms with Crippen LogP contribution in [0.1, 0.15) is 56.2 Å². The van der Waals surface area contributed by atoms with Crippen molar-refractivity contribution >= 4 is 23.9 Å². The van der Waals surface area contributed by atoms with Crippen molar-refractivity contribution in [2.24, 2.45) is 0 Å². The van der Waals surface area contributed by atoms with Gasteiger partial charge in [-0.2, -0.15) is 5.26 Å². The molecule has 0 unspecified atom stereocenters. The van der Waals surface area contributed by atoms with Gasteiger partial charge in [0.25, 0.3) is 11.8 Å². The number of carbonyl (C=O) groups is 3. The Morgan fingerprint density at radius 1 is 1.09 bits per heavy atom. The maximum atomic E-state index is 13.0. The normalized spacial score (nSPS) is 15.2. The van der Waals surface area contributed by atoms with Crippen LogP contribution in [0.4, 0.5) is 0 Å². The molecule has 0 fully saturated rings. The standard InChI is InChI=1S/C26H26N2O5/c1-4-6-7-14-28-24(29)21(17(3)22(16-27)25(28)30)15-20-12-13-23(33-20)18-8-10-19(11-9-18)26(31)32-5-2/h8-13,15H,4-7,14H2,1-3H3/b21-15+. The summed E-state index contributed by atoms with van der Waals surface area (Å²) in [6.07, 6.45) is 4.09. The van der Waals surface area contributed by atoms with Gasteiger partial charge in [-0.3, -0.25) is 14.5 Å². The van der Waals surface area contributed by atoms with Gasteiger partial charge < -0.3 is 9.15 Å². The minimum Gasteiger partial charge on any atom is -0.462 e. The van der Waals surface area contributed by atoms with Gasteiger partial charge in [0.15, 0.2) is 0 Å². The number of hydrogen-bond donors (Lipinski definition) is 0. The Balaban J connectivity index is 1.89. The summed E-state index contributed by atoms with van der Waals surface area (Å²) < 4.78 is 10.9. The summed E-state index contributed by atoms with van der Waals surface area (Å²) in [5.41, 5.74) is 1.78. The Morgan fingerprint density at radius 3 is 2.45 bits per heavy atom. The van der Waals surface area contributed by atoms with Crippen LogP contribution >= 0.6 is 0 Å². The van der Waals surface area contributed by atoms with E-state index in [4.69, 9.17) is 9.15 Å². The van der Waals surface area contributed by atoms with E-state index in [0.717, 1.165) is 23.3 Å². The fourth-order valence-electron chi connectivity index (χ4n) is 3.57. The van der Waals surface area contributed by atoms with Crippen LogP contribution in [0.5, 0.6) is 0 Å². The Morgan fingerprint density at radius 2 is 1.82 bits per heavy atom. The second-order valence-corrected chi connectivity index (χ2v) is 7.64. The first-order chi connectivity index (χ1) is 15.9. The van der Waals surface area contributed by atoms with Gasteiger partial charge in [0.1, 0.15) is 23.2 Å². The lowest BCUT2D eigenvalue weighted by Gasteiger charge is -2.27. The monoisotopic (exact) mass is 446 g/mol. The minimum absolute atomic E-state index is 0.0290. The average Bonchev–Trinajstić information content (AvgIpc) is 3.28. The molecule has 1 aliphatic heterocycles. The molecule has 0 aliphatic carbocycles. The highest BCUT2D eigenvalue weighted by Crippen LogP contribution is 2.29. The van der Waals surface area contributed by atoms with E-state index in [1.54, 1.807) is 56.3 Å². The third-order valence-corrected chi connectivity index (χ3v) is 5.40. The van der Waals surface area contributed by atoms with E-state index < -0.39 is 17.8 Å². The first-order valence-electron chi connectivity index (χ1n) is 11.0. The van der Waals surface area contributed by atoms with Crippen LogP contribution < -0.4 is 0 Å². The number of esters is 1. The number of imide groups is 1. The van der Waals surface area contributed by atoms with E-state index in [1.165, 1.54) is 0 Å². The van der Waals surface area contributed by atoms with Crippen molar-refractivity contribution in [3.05, 3.63) is 64.4 Å². The molecule has 170 valence electrons. The summed E-state index contributed by atoms with van der Waals surface area (Å²) in [5, 5.41) is 9.49. The zero-order chi connectivity index (χ0) is 24.0. The molecule has 0 radical (unpaired) electrons. The van der Waals surface area contributed by atoms with Gasteiger partial charge in [0.2, 0.25) is 0 Å². The number of rotatable bonds is 8. The molecular weight excluding hydrogens is 420 g/mol. The summed E-state index contributed by atoms with van der Waals surface area (Å²) in [7, 11) is 0. The van der Waals surface area contributed by atoms with Gasteiger partial charge in [0, 0.05) is 17.7 Å². The zero-order valence-electron chi connectivity index (χ0n) is 19.0. The van der Waals surface area contributed by atoms with Crippen molar-refractivity contribution in [1.82, 2.24) is 4.90 Å². The molecule has 0 bridgehead atoms. The van der Waals surface area contributed by atoms with Crippen molar-refractivity contribution in [1.29, 1.82) is 5.26 Å². The van der Waals surface area contributed by atoms with E-state index in [2.05, 4.69) is 0 Å². The molecular formula is C26H26N2O5. The van der Waals surface area contributed by atoms with Crippen molar-refractivity contribution in [3.8, 4) is 17.4 Å². The number of unbranched alkanes of at least 4 members (excludes halogenated alkanes) is 2. The molecule has 3 rings (SSSR count). The van der Waals surface area contributed by atoms with Crippen molar-refractivity contribution in [2.75, 3.05) is 13.2 Å². The van der Waals surface area contributed by atoms with E-state index >= 15 is 0 Å². The largest absolute Gasteiger partial charge is 0.462 e. The maximum Gasteiger partial charge on any atom is 0.338 e. The van der Waals surface area contributed by atoms with Crippen LogP contribution in [-0.4, -0.2) is 35.8 Å². The van der Waals surface area contributed by atoms with Gasteiger partial charge in [-0.25, -0.2) is 4.79 Å². The third kappa shape index (κ3) is 5.12. The van der Waals surface area contributed by atoms with Crippen molar-refractivity contribution in [2.45, 2.75) is 40.0 Å². The number of furan rings is 1. The van der Waals surface area contributed by atoms with Gasteiger partial charge in [0.05, 0.1) is 12.2 Å². The molecule has 0 N–H and O–H groups in total. The van der Waals surface area contributed by atoms with Crippen LogP contribution in [0.3, 0.4) is 0 Å². The number of nitriles is 1. The molecule has 33 heavy (non-hydrogen) atoms. The summed E-state index contributed by atoms with van der Waals surface area (Å²) in [6.45, 7) is 5.96. The smallest absolute Gasteiger partial charge is 0.338 e. The fraction of sp³-hybridized carbons (Fsp3) is 0.308. The lowest BCUT2D eigenvalue weighted by Crippen LogP contribution is -2.43. The molecule has 2 amide bonds. The molecule has 1 aromatic heterocycles. The lowest BCUT2D eigenvalue weighted by atomic mass is 9.94. The SMILES string of the molecule is CCCCCN1C(=O)C(C#N)=C(C)/C(=C\c2ccc(-c3ccc(C(=O)OCC)cc3)o2)C1=O. The zero-order valence-corrected chi connectivity index (χ0v) is 19.0. The van der Waals surface area contributed by atoms with E-state index in [9.17, 15) is 19.6 Å². The molecule has 1 aliphatic rings. The van der Waals surface area contributed by atoms with Crippen LogP contribution in [0.15, 0.2) is 57.5 Å². The van der Waals surface area contributed by atoms with Crippen molar-refractivity contribution < 1.29 is 23.5 Å². The predicted octanol–water partition coefficient (Wildman–Crippen LogP) is 4.91. The summed E-state index contributed by atoms with van der Waals surface area (Å²) in [5.74, 6) is -0.390. The van der Waals surface area contributed by atoms with Gasteiger partial charge >= 0.3 is 5.97 Å². The Bertz CT molecular complexity index is 1160. The Kier molecular flexibility index (Phi) is 7.62. The van der Waals surface area contributed by atoms with Crippen LogP contribution in [0.25, 0.3) is 17.4 Å². The third-order valence-electron chi connectivity index (χ3n) is 5.40. The maximum absolute atomic E-state index is 13.0. The Labute approximate surface area is 192 Å². The molecule has 2 heterocycles. The molecule has 2 aromatic rings. The molecule has 0 saturated carbocycles. The summed E-state index contributed by atoms with van der Waals surface area (Å²) in [6, 6.07) is 12.2. The number of amides is 2. The number of nitrogens with zero attached hydrogens (tertiary/aromatic N) is 2. The number of benzene rings is 1. The summed E-state index contributed by atoms with van der Waals surface area (Å²) >= 11 is 0. The first-order valence-corrected chi connectivity index (χ1v) is 11.0. The van der Waals surface area contributed by atoms with Gasteiger partial charge in [-0.05, 0) is 56.2 Å². The van der Waals surface area contributed by atoms with Crippen LogP contribution in [0.2, 0.25) is 0 Å². The number of hydrogen-bond acceptors (Lipinski definition) is 6. The minimum atomic E-state index is -0.546. The van der Waals surface area contributed by atoms with E-state index in [1.807, 2.05) is 13.0 Å².